The molecule has 33 heavy (non-hydrogen) atoms. The molecule has 1 N–H and O–H groups in total. The number of nitrogens with zero attached hydrogens (tertiary/aromatic N) is 1. The first-order valence-electron chi connectivity index (χ1n) is 11.2. The molecular weight excluding hydrogens is 412 g/mol. The summed E-state index contributed by atoms with van der Waals surface area (Å²) < 4.78 is 5.41. The summed E-state index contributed by atoms with van der Waals surface area (Å²) in [5, 5.41) is 0. The number of likely N-dealkylation sites (N-methyl/N-ethyl adjacent to an activating group) is 1. The second-order valence-corrected chi connectivity index (χ2v) is 8.68. The van der Waals surface area contributed by atoms with Gasteiger partial charge in [-0.25, -0.2) is 4.79 Å². The molecule has 0 unspecified atom stereocenters. The van der Waals surface area contributed by atoms with Gasteiger partial charge < -0.3 is 14.6 Å². The smallest absolute Gasteiger partial charge is 0.355 e. The third-order valence-corrected chi connectivity index (χ3v) is 6.65. The maximum atomic E-state index is 13.4. The van der Waals surface area contributed by atoms with Gasteiger partial charge in [-0.1, -0.05) is 66.7 Å². The number of amides is 1. The van der Waals surface area contributed by atoms with E-state index in [4.69, 9.17) is 4.74 Å². The van der Waals surface area contributed by atoms with Crippen molar-refractivity contribution in [2.75, 3.05) is 18.6 Å². The van der Waals surface area contributed by atoms with Crippen molar-refractivity contribution >= 4 is 17.6 Å². The lowest BCUT2D eigenvalue weighted by molar-refractivity contribution is -0.122. The molecule has 0 aromatic heterocycles. The molecule has 2 aromatic carbocycles. The van der Waals surface area contributed by atoms with Gasteiger partial charge in [-0.3, -0.25) is 4.79 Å². The molecule has 0 spiro atoms. The highest BCUT2D eigenvalue weighted by atomic mass is 16.5. The Morgan fingerprint density at radius 3 is 2.42 bits per heavy atom. The second kappa shape index (κ2) is 7.93. The number of rotatable bonds is 5. The van der Waals surface area contributed by atoms with E-state index in [0.29, 0.717) is 12.1 Å². The van der Waals surface area contributed by atoms with Crippen LogP contribution in [0.3, 0.4) is 0 Å². The largest absolute Gasteiger partial charge is 0.461 e. The van der Waals surface area contributed by atoms with E-state index >= 15 is 0 Å². The average molecular weight is 439 g/mol. The second-order valence-electron chi connectivity index (χ2n) is 8.68. The molecule has 1 atom stereocenters. The maximum absolute atomic E-state index is 13.4. The Kier molecular flexibility index (Phi) is 5.05. The predicted octanol–water partition coefficient (Wildman–Crippen LogP) is 5.44. The number of fused-ring (bicyclic) bond motifs is 2. The molecule has 0 fully saturated rings. The summed E-state index contributed by atoms with van der Waals surface area (Å²) in [6.07, 6.45) is 0.440. The summed E-state index contributed by atoms with van der Waals surface area (Å²) in [6, 6.07) is 23.8. The first-order valence-corrected chi connectivity index (χ1v) is 11.2. The van der Waals surface area contributed by atoms with Crippen molar-refractivity contribution < 1.29 is 14.3 Å². The molecule has 2 aliphatic heterocycles. The predicted molar refractivity (Wildman–Crippen MR) is 130 cm³/mol. The molecule has 2 aromatic rings. The van der Waals surface area contributed by atoms with E-state index in [0.717, 1.165) is 39.2 Å². The van der Waals surface area contributed by atoms with Crippen molar-refractivity contribution in [3.8, 4) is 22.3 Å². The molecule has 1 amide bonds. The number of nitrogens with one attached hydrogen (secondary N) is 1. The molecule has 0 radical (unpaired) electrons. The molecule has 0 bridgehead atoms. The Balaban J connectivity index is 1.70. The zero-order valence-electron chi connectivity index (χ0n) is 19.0. The minimum Gasteiger partial charge on any atom is -0.461 e. The molecule has 5 nitrogen and oxygen atoms in total. The number of para-hydroxylation sites is 1. The summed E-state index contributed by atoms with van der Waals surface area (Å²) >= 11 is 0. The zero-order chi connectivity index (χ0) is 23.2. The van der Waals surface area contributed by atoms with Gasteiger partial charge in [0.25, 0.3) is 0 Å². The number of aromatic nitrogens is 1. The number of benzene rings is 2. The number of carbonyl (C=O) groups excluding carboxylic acids is 2. The quantitative estimate of drug-likeness (QED) is 0.422. The lowest BCUT2D eigenvalue weighted by Crippen LogP contribution is -2.38. The fourth-order valence-electron chi connectivity index (χ4n) is 5.07. The van der Waals surface area contributed by atoms with Crippen molar-refractivity contribution in [1.29, 1.82) is 0 Å². The number of anilines is 1. The Bertz CT molecular complexity index is 1320. The van der Waals surface area contributed by atoms with Crippen LogP contribution in [-0.2, 0) is 21.4 Å². The van der Waals surface area contributed by atoms with Crippen LogP contribution in [0.5, 0.6) is 0 Å². The Labute approximate surface area is 193 Å². The molecule has 2 heterocycles. The van der Waals surface area contributed by atoms with Crippen LogP contribution < -0.4 is 4.90 Å². The number of hydrogen-bond acceptors (Lipinski definition) is 3. The van der Waals surface area contributed by atoms with Gasteiger partial charge in [-0.15, -0.1) is 0 Å². The standard InChI is InChI=1S/C28H26N2O3/c1-4-33-26(31)25-24(18-11-6-5-7-12-18)20-14-10-13-19(20)22(29-25)17-28(2)21-15-8-9-16-23(21)30(3)27(28)32/h5-16,29H,4,17H2,1-3H3/t28-/m1/s1. The highest BCUT2D eigenvalue weighted by Gasteiger charge is 2.46. The lowest BCUT2D eigenvalue weighted by atomic mass is 9.78. The summed E-state index contributed by atoms with van der Waals surface area (Å²) in [7, 11) is 1.82. The minimum absolute atomic E-state index is 0.0432. The number of aromatic amines is 1. The van der Waals surface area contributed by atoms with Crippen LogP contribution in [0.4, 0.5) is 5.69 Å². The number of pyridine rings is 1. The Morgan fingerprint density at radius 1 is 0.970 bits per heavy atom. The summed E-state index contributed by atoms with van der Waals surface area (Å²) in [5.74, 6) is -0.359. The Hall–Kier alpha value is -3.86. The zero-order valence-corrected chi connectivity index (χ0v) is 19.0. The topological polar surface area (TPSA) is 62.4 Å². The fraction of sp³-hybridized carbons (Fsp3) is 0.214. The van der Waals surface area contributed by atoms with Crippen molar-refractivity contribution in [2.45, 2.75) is 25.7 Å². The van der Waals surface area contributed by atoms with E-state index in [9.17, 15) is 9.59 Å². The van der Waals surface area contributed by atoms with E-state index < -0.39 is 11.4 Å². The molecule has 0 saturated carbocycles. The van der Waals surface area contributed by atoms with Crippen LogP contribution in [0.1, 0.15) is 35.6 Å². The van der Waals surface area contributed by atoms with Crippen LogP contribution in [-0.4, -0.2) is 30.5 Å². The molecule has 5 heteroatoms. The number of hydrogen-bond donors (Lipinski definition) is 1. The van der Waals surface area contributed by atoms with Gasteiger partial charge in [0.2, 0.25) is 5.91 Å². The van der Waals surface area contributed by atoms with Gasteiger partial charge in [-0.2, -0.15) is 0 Å². The Morgan fingerprint density at radius 2 is 1.67 bits per heavy atom. The number of H-pyrrole nitrogens is 1. The van der Waals surface area contributed by atoms with Crippen LogP contribution >= 0.6 is 0 Å². The van der Waals surface area contributed by atoms with Crippen LogP contribution in [0.2, 0.25) is 0 Å². The molecular formula is C28H26N2O3. The van der Waals surface area contributed by atoms with E-state index in [1.54, 1.807) is 11.8 Å². The van der Waals surface area contributed by atoms with E-state index in [2.05, 4.69) is 4.98 Å². The van der Waals surface area contributed by atoms with E-state index in [1.807, 2.05) is 86.8 Å². The van der Waals surface area contributed by atoms with Crippen molar-refractivity contribution in [3.05, 3.63) is 89.7 Å². The number of ether oxygens (including phenoxy) is 1. The summed E-state index contributed by atoms with van der Waals surface area (Å²) in [5.41, 5.74) is 6.16. The molecule has 166 valence electrons. The summed E-state index contributed by atoms with van der Waals surface area (Å²) in [4.78, 5) is 31.6. The highest BCUT2D eigenvalue weighted by molar-refractivity contribution is 6.08. The van der Waals surface area contributed by atoms with Crippen LogP contribution in [0, 0.1) is 0 Å². The molecule has 0 saturated heterocycles. The van der Waals surface area contributed by atoms with E-state index in [-0.39, 0.29) is 12.5 Å². The molecule has 1 aliphatic carbocycles. The van der Waals surface area contributed by atoms with Gasteiger partial charge in [-0.05, 0) is 36.6 Å². The van der Waals surface area contributed by atoms with Gasteiger partial charge in [0.05, 0.1) is 12.0 Å². The van der Waals surface area contributed by atoms with Crippen molar-refractivity contribution in [2.24, 2.45) is 0 Å². The van der Waals surface area contributed by atoms with Gasteiger partial charge in [0.1, 0.15) is 5.69 Å². The normalized spacial score (nSPS) is 17.4. The minimum atomic E-state index is -0.744. The molecule has 5 rings (SSSR count). The van der Waals surface area contributed by atoms with Gasteiger partial charge >= 0.3 is 5.97 Å². The summed E-state index contributed by atoms with van der Waals surface area (Å²) in [6.45, 7) is 4.06. The van der Waals surface area contributed by atoms with Crippen molar-refractivity contribution in [3.63, 3.8) is 0 Å². The highest BCUT2D eigenvalue weighted by Crippen LogP contribution is 2.45. The monoisotopic (exact) mass is 438 g/mol. The SMILES string of the molecule is CCOC(=O)c1[nH]c(C[C@@]2(C)C(=O)N(C)c3ccccc32)c2cccc-2c1-c1ccccc1. The average Bonchev–Trinajstić information content (AvgIpc) is 3.39. The van der Waals surface area contributed by atoms with E-state index in [1.165, 1.54) is 0 Å². The number of carbonyl (C=O) groups is 2. The third-order valence-electron chi connectivity index (χ3n) is 6.65. The van der Waals surface area contributed by atoms with Crippen molar-refractivity contribution in [1.82, 2.24) is 4.98 Å². The maximum Gasteiger partial charge on any atom is 0.355 e. The number of esters is 1. The van der Waals surface area contributed by atoms with Crippen LogP contribution in [0.15, 0.2) is 72.8 Å². The fourth-order valence-corrected chi connectivity index (χ4v) is 5.07. The van der Waals surface area contributed by atoms with Gasteiger partial charge in [0, 0.05) is 36.0 Å². The third kappa shape index (κ3) is 3.23. The molecule has 3 aliphatic rings. The van der Waals surface area contributed by atoms with Gasteiger partial charge in [0.15, 0.2) is 0 Å². The van der Waals surface area contributed by atoms with Crippen LogP contribution in [0.25, 0.3) is 22.3 Å². The first-order chi connectivity index (χ1) is 16.0. The first kappa shape index (κ1) is 21.0. The lowest BCUT2D eigenvalue weighted by Gasteiger charge is -2.26.